The molecular formula is C19H20N4O4. The van der Waals surface area contributed by atoms with E-state index in [2.05, 4.69) is 20.4 Å². The van der Waals surface area contributed by atoms with Crippen molar-refractivity contribution in [2.45, 2.75) is 13.1 Å². The molecule has 1 amide bonds. The van der Waals surface area contributed by atoms with Crippen molar-refractivity contribution in [1.82, 2.24) is 20.4 Å². The van der Waals surface area contributed by atoms with Gasteiger partial charge in [0.1, 0.15) is 12.0 Å². The second-order valence-electron chi connectivity index (χ2n) is 6.32. The van der Waals surface area contributed by atoms with Crippen molar-refractivity contribution < 1.29 is 18.5 Å². The molecule has 4 rings (SSSR count). The zero-order valence-electron chi connectivity index (χ0n) is 14.8. The molecule has 0 unspecified atom stereocenters. The number of nitrogens with zero attached hydrogens (tertiary/aromatic N) is 3. The Morgan fingerprint density at radius 1 is 1.19 bits per heavy atom. The van der Waals surface area contributed by atoms with Crippen LogP contribution in [0.2, 0.25) is 0 Å². The SMILES string of the molecule is O=C(NCc1ccc(-c2ncon2)cc1)c1coc(CN2CCOCC2)c1. The van der Waals surface area contributed by atoms with Crippen molar-refractivity contribution in [1.29, 1.82) is 0 Å². The Bertz CT molecular complexity index is 868. The van der Waals surface area contributed by atoms with E-state index in [0.717, 1.165) is 43.2 Å². The number of hydrogen-bond acceptors (Lipinski definition) is 7. The van der Waals surface area contributed by atoms with E-state index in [9.17, 15) is 4.79 Å². The van der Waals surface area contributed by atoms with Gasteiger partial charge in [0.2, 0.25) is 12.2 Å². The summed E-state index contributed by atoms with van der Waals surface area (Å²) in [5, 5.41) is 6.70. The average Bonchev–Trinajstić information content (AvgIpc) is 3.40. The minimum Gasteiger partial charge on any atom is -0.467 e. The normalized spacial score (nSPS) is 15.0. The first-order chi connectivity index (χ1) is 13.3. The maximum atomic E-state index is 12.3. The maximum absolute atomic E-state index is 12.3. The van der Waals surface area contributed by atoms with Crippen LogP contribution in [0.15, 0.2) is 51.9 Å². The van der Waals surface area contributed by atoms with Crippen LogP contribution in [0, 0.1) is 0 Å². The van der Waals surface area contributed by atoms with Gasteiger partial charge in [-0.05, 0) is 11.6 Å². The van der Waals surface area contributed by atoms with Crippen LogP contribution in [0.5, 0.6) is 0 Å². The predicted molar refractivity (Wildman–Crippen MR) is 95.7 cm³/mol. The molecule has 27 heavy (non-hydrogen) atoms. The lowest BCUT2D eigenvalue weighted by Gasteiger charge is -2.25. The first kappa shape index (κ1) is 17.4. The van der Waals surface area contributed by atoms with Gasteiger partial charge in [0.25, 0.3) is 5.91 Å². The van der Waals surface area contributed by atoms with Crippen LogP contribution >= 0.6 is 0 Å². The van der Waals surface area contributed by atoms with Crippen LogP contribution in [0.4, 0.5) is 0 Å². The number of morpholine rings is 1. The second kappa shape index (κ2) is 8.15. The highest BCUT2D eigenvalue weighted by Crippen LogP contribution is 2.15. The summed E-state index contributed by atoms with van der Waals surface area (Å²) >= 11 is 0. The van der Waals surface area contributed by atoms with E-state index in [-0.39, 0.29) is 5.91 Å². The van der Waals surface area contributed by atoms with E-state index < -0.39 is 0 Å². The van der Waals surface area contributed by atoms with Gasteiger partial charge in [-0.25, -0.2) is 0 Å². The standard InChI is InChI=1S/C19H20N4O4/c24-19(16-9-17(26-12-16)11-23-5-7-25-8-6-23)20-10-14-1-3-15(4-2-14)18-21-13-27-22-18/h1-4,9,12-13H,5-8,10-11H2,(H,20,24). The molecule has 3 aromatic rings. The third-order valence-electron chi connectivity index (χ3n) is 4.43. The molecule has 0 atom stereocenters. The second-order valence-corrected chi connectivity index (χ2v) is 6.32. The Balaban J connectivity index is 1.30. The molecule has 140 valence electrons. The molecule has 1 saturated heterocycles. The fourth-order valence-corrected chi connectivity index (χ4v) is 2.92. The fraction of sp³-hybridized carbons (Fsp3) is 0.316. The molecule has 0 spiro atoms. The van der Waals surface area contributed by atoms with Crippen LogP contribution < -0.4 is 5.32 Å². The minimum absolute atomic E-state index is 0.158. The molecule has 0 saturated carbocycles. The van der Waals surface area contributed by atoms with E-state index >= 15 is 0 Å². The summed E-state index contributed by atoms with van der Waals surface area (Å²) in [6.45, 7) is 4.34. The van der Waals surface area contributed by atoms with Gasteiger partial charge in [-0.3, -0.25) is 9.69 Å². The molecule has 1 N–H and O–H groups in total. The van der Waals surface area contributed by atoms with E-state index in [1.807, 2.05) is 24.3 Å². The molecule has 2 aromatic heterocycles. The summed E-state index contributed by atoms with van der Waals surface area (Å²) in [5.74, 6) is 1.16. The van der Waals surface area contributed by atoms with Crippen LogP contribution in [0.1, 0.15) is 21.7 Å². The molecular weight excluding hydrogens is 348 g/mol. The van der Waals surface area contributed by atoms with E-state index in [0.29, 0.717) is 24.5 Å². The summed E-state index contributed by atoms with van der Waals surface area (Å²) in [5.41, 5.74) is 2.37. The van der Waals surface area contributed by atoms with Crippen molar-refractivity contribution in [3.05, 3.63) is 59.9 Å². The van der Waals surface area contributed by atoms with Crippen molar-refractivity contribution in [3.8, 4) is 11.4 Å². The molecule has 0 aliphatic carbocycles. The van der Waals surface area contributed by atoms with Gasteiger partial charge in [0.15, 0.2) is 0 Å². The highest BCUT2D eigenvalue weighted by molar-refractivity contribution is 5.93. The largest absolute Gasteiger partial charge is 0.467 e. The van der Waals surface area contributed by atoms with Crippen molar-refractivity contribution in [3.63, 3.8) is 0 Å². The zero-order valence-corrected chi connectivity index (χ0v) is 14.8. The van der Waals surface area contributed by atoms with Gasteiger partial charge in [-0.1, -0.05) is 29.4 Å². The van der Waals surface area contributed by atoms with Gasteiger partial charge in [-0.2, -0.15) is 4.98 Å². The Labute approximate surface area is 156 Å². The third kappa shape index (κ3) is 4.42. The van der Waals surface area contributed by atoms with Crippen LogP contribution in [-0.2, 0) is 17.8 Å². The Kier molecular flexibility index (Phi) is 5.27. The topological polar surface area (TPSA) is 93.6 Å². The number of furan rings is 1. The Morgan fingerprint density at radius 2 is 2.00 bits per heavy atom. The molecule has 0 radical (unpaired) electrons. The summed E-state index contributed by atoms with van der Waals surface area (Å²) in [4.78, 5) is 18.6. The Hall–Kier alpha value is -2.97. The lowest BCUT2D eigenvalue weighted by Crippen LogP contribution is -2.35. The summed E-state index contributed by atoms with van der Waals surface area (Å²) in [6, 6.07) is 9.43. The number of benzene rings is 1. The van der Waals surface area contributed by atoms with Gasteiger partial charge in [0.05, 0.1) is 25.3 Å². The number of aromatic nitrogens is 2. The molecule has 8 nitrogen and oxygen atoms in total. The molecule has 0 bridgehead atoms. The minimum atomic E-state index is -0.158. The summed E-state index contributed by atoms with van der Waals surface area (Å²) < 4.78 is 15.6. The average molecular weight is 368 g/mol. The summed E-state index contributed by atoms with van der Waals surface area (Å²) in [6.07, 6.45) is 2.80. The maximum Gasteiger partial charge on any atom is 0.254 e. The first-order valence-corrected chi connectivity index (χ1v) is 8.79. The van der Waals surface area contributed by atoms with Gasteiger partial charge >= 0.3 is 0 Å². The fourth-order valence-electron chi connectivity index (χ4n) is 2.92. The van der Waals surface area contributed by atoms with Crippen LogP contribution in [0.3, 0.4) is 0 Å². The third-order valence-corrected chi connectivity index (χ3v) is 4.43. The van der Waals surface area contributed by atoms with E-state index in [1.165, 1.54) is 12.7 Å². The van der Waals surface area contributed by atoms with Gasteiger partial charge in [-0.15, -0.1) is 0 Å². The van der Waals surface area contributed by atoms with Gasteiger partial charge in [0, 0.05) is 25.2 Å². The number of carbonyl (C=O) groups excluding carboxylic acids is 1. The Morgan fingerprint density at radius 3 is 2.74 bits per heavy atom. The molecule has 1 fully saturated rings. The van der Waals surface area contributed by atoms with Crippen LogP contribution in [-0.4, -0.2) is 47.3 Å². The predicted octanol–water partition coefficient (Wildman–Crippen LogP) is 2.09. The molecule has 3 heterocycles. The molecule has 8 heteroatoms. The number of hydrogen-bond donors (Lipinski definition) is 1. The molecule has 1 aliphatic rings. The summed E-state index contributed by atoms with van der Waals surface area (Å²) in [7, 11) is 0. The van der Waals surface area contributed by atoms with Crippen molar-refractivity contribution >= 4 is 5.91 Å². The van der Waals surface area contributed by atoms with E-state index in [4.69, 9.17) is 13.7 Å². The number of rotatable bonds is 6. The quantitative estimate of drug-likeness (QED) is 0.712. The smallest absolute Gasteiger partial charge is 0.254 e. The highest BCUT2D eigenvalue weighted by atomic mass is 16.5. The highest BCUT2D eigenvalue weighted by Gasteiger charge is 2.15. The number of amides is 1. The van der Waals surface area contributed by atoms with Crippen molar-refractivity contribution in [2.75, 3.05) is 26.3 Å². The number of ether oxygens (including phenoxy) is 1. The number of nitrogens with one attached hydrogen (secondary N) is 1. The number of carbonyl (C=O) groups is 1. The van der Waals surface area contributed by atoms with Gasteiger partial charge < -0.3 is 19.0 Å². The first-order valence-electron chi connectivity index (χ1n) is 8.79. The molecule has 1 aromatic carbocycles. The van der Waals surface area contributed by atoms with Crippen LogP contribution in [0.25, 0.3) is 11.4 Å². The monoisotopic (exact) mass is 368 g/mol. The van der Waals surface area contributed by atoms with E-state index in [1.54, 1.807) is 6.07 Å². The zero-order chi connectivity index (χ0) is 18.5. The lowest BCUT2D eigenvalue weighted by molar-refractivity contribution is 0.0313. The lowest BCUT2D eigenvalue weighted by atomic mass is 10.1. The molecule has 1 aliphatic heterocycles. The van der Waals surface area contributed by atoms with Crippen molar-refractivity contribution in [2.24, 2.45) is 0 Å².